The Hall–Kier alpha value is -4.39. The number of carbonyl (C=O) groups is 3. The van der Waals surface area contributed by atoms with Crippen LogP contribution in [0.5, 0.6) is 11.5 Å². The lowest BCUT2D eigenvalue weighted by atomic mass is 9.95. The summed E-state index contributed by atoms with van der Waals surface area (Å²) in [6.07, 6.45) is 1.64. The Bertz CT molecular complexity index is 1360. The number of aliphatic hydroxyl groups is 1. The van der Waals surface area contributed by atoms with Gasteiger partial charge < -0.3 is 14.6 Å². The number of rotatable bonds is 8. The molecule has 1 aliphatic rings. The molecule has 1 N–H and O–H groups in total. The third kappa shape index (κ3) is 5.40. The molecule has 0 spiro atoms. The number of hydrogen-bond acceptors (Lipinski definition) is 6. The Morgan fingerprint density at radius 3 is 2.32 bits per heavy atom. The van der Waals surface area contributed by atoms with Crippen LogP contribution in [0.2, 0.25) is 0 Å². The molecule has 7 heteroatoms. The van der Waals surface area contributed by atoms with Gasteiger partial charge in [-0.25, -0.2) is 0 Å². The van der Waals surface area contributed by atoms with E-state index in [1.54, 1.807) is 60.7 Å². The minimum atomic E-state index is -0.941. The number of ketones is 1. The maximum absolute atomic E-state index is 13.4. The second-order valence-corrected chi connectivity index (χ2v) is 8.73. The average molecular weight is 500 g/mol. The van der Waals surface area contributed by atoms with E-state index in [-0.39, 0.29) is 17.1 Å². The van der Waals surface area contributed by atoms with Gasteiger partial charge >= 0.3 is 5.97 Å². The number of ether oxygens (including phenoxy) is 2. The van der Waals surface area contributed by atoms with E-state index in [1.165, 1.54) is 11.8 Å². The molecule has 0 aromatic heterocycles. The number of carbonyl (C=O) groups excluding carboxylic acids is 3. The molecule has 7 nitrogen and oxygen atoms in total. The highest BCUT2D eigenvalue weighted by atomic mass is 16.5. The molecule has 4 rings (SSSR count). The molecular formula is C30H29NO6. The van der Waals surface area contributed by atoms with Gasteiger partial charge in [-0.2, -0.15) is 0 Å². The van der Waals surface area contributed by atoms with Crippen LogP contribution in [0.25, 0.3) is 5.76 Å². The summed E-state index contributed by atoms with van der Waals surface area (Å²) >= 11 is 0. The van der Waals surface area contributed by atoms with Crippen LogP contribution in [-0.2, 0) is 20.8 Å². The summed E-state index contributed by atoms with van der Waals surface area (Å²) in [7, 11) is 0. The molecule has 3 aromatic carbocycles. The van der Waals surface area contributed by atoms with E-state index >= 15 is 0 Å². The Labute approximate surface area is 215 Å². The zero-order valence-electron chi connectivity index (χ0n) is 21.1. The van der Waals surface area contributed by atoms with Gasteiger partial charge in [-0.1, -0.05) is 50.2 Å². The van der Waals surface area contributed by atoms with Crippen LogP contribution in [0, 0.1) is 0 Å². The number of Topliss-reactive ketones (excluding diaryl/α,β-unsaturated/α-hetero) is 1. The van der Waals surface area contributed by atoms with Gasteiger partial charge in [0, 0.05) is 18.2 Å². The fourth-order valence-corrected chi connectivity index (χ4v) is 4.33. The highest BCUT2D eigenvalue weighted by Crippen LogP contribution is 2.43. The van der Waals surface area contributed by atoms with Crippen molar-refractivity contribution >= 4 is 29.1 Å². The van der Waals surface area contributed by atoms with E-state index in [9.17, 15) is 19.5 Å². The van der Waals surface area contributed by atoms with Gasteiger partial charge in [-0.15, -0.1) is 0 Å². The Morgan fingerprint density at radius 1 is 0.946 bits per heavy atom. The molecule has 1 unspecified atom stereocenters. The van der Waals surface area contributed by atoms with Crippen molar-refractivity contribution in [1.29, 1.82) is 0 Å². The zero-order valence-corrected chi connectivity index (χ0v) is 21.1. The van der Waals surface area contributed by atoms with Gasteiger partial charge in [-0.3, -0.25) is 19.3 Å². The number of benzene rings is 3. The van der Waals surface area contributed by atoms with E-state index in [2.05, 4.69) is 0 Å². The first-order valence-electron chi connectivity index (χ1n) is 12.3. The SMILES string of the molecule is CCCOc1cccc(/C(O)=C2/C(=O)C(=O)N(c3ccc(CC)cc3)C2c2cccc(OC(C)=O)c2)c1. The number of anilines is 1. The zero-order chi connectivity index (χ0) is 26.5. The fourth-order valence-electron chi connectivity index (χ4n) is 4.33. The number of hydrogen-bond donors (Lipinski definition) is 1. The van der Waals surface area contributed by atoms with Crippen molar-refractivity contribution < 1.29 is 29.0 Å². The van der Waals surface area contributed by atoms with Crippen LogP contribution in [0.4, 0.5) is 5.69 Å². The molecule has 0 aliphatic carbocycles. The molecule has 37 heavy (non-hydrogen) atoms. The van der Waals surface area contributed by atoms with E-state index in [0.29, 0.717) is 29.2 Å². The third-order valence-corrected chi connectivity index (χ3v) is 6.08. The maximum atomic E-state index is 13.4. The summed E-state index contributed by atoms with van der Waals surface area (Å²) in [5.41, 5.74) is 2.41. The highest BCUT2D eigenvalue weighted by molar-refractivity contribution is 6.51. The average Bonchev–Trinajstić information content (AvgIpc) is 3.17. The van der Waals surface area contributed by atoms with Crippen molar-refractivity contribution in [3.05, 3.63) is 95.1 Å². The van der Waals surface area contributed by atoms with Crippen LogP contribution >= 0.6 is 0 Å². The Balaban J connectivity index is 1.89. The van der Waals surface area contributed by atoms with E-state index in [4.69, 9.17) is 9.47 Å². The van der Waals surface area contributed by atoms with Crippen molar-refractivity contribution in [1.82, 2.24) is 0 Å². The lowest BCUT2D eigenvalue weighted by Gasteiger charge is -2.26. The molecule has 1 heterocycles. The monoisotopic (exact) mass is 499 g/mol. The maximum Gasteiger partial charge on any atom is 0.308 e. The molecular weight excluding hydrogens is 470 g/mol. The van der Waals surface area contributed by atoms with E-state index in [1.807, 2.05) is 26.0 Å². The molecule has 1 atom stereocenters. The smallest absolute Gasteiger partial charge is 0.308 e. The van der Waals surface area contributed by atoms with Crippen molar-refractivity contribution in [2.75, 3.05) is 11.5 Å². The van der Waals surface area contributed by atoms with Gasteiger partial charge in [-0.05, 0) is 60.4 Å². The molecule has 0 radical (unpaired) electrons. The lowest BCUT2D eigenvalue weighted by Crippen LogP contribution is -2.29. The largest absolute Gasteiger partial charge is 0.507 e. The van der Waals surface area contributed by atoms with Crippen molar-refractivity contribution in [2.45, 2.75) is 39.7 Å². The molecule has 3 aromatic rings. The summed E-state index contributed by atoms with van der Waals surface area (Å²) in [6, 6.07) is 19.8. The topological polar surface area (TPSA) is 93.1 Å². The van der Waals surface area contributed by atoms with Gasteiger partial charge in [0.05, 0.1) is 18.2 Å². The first kappa shape index (κ1) is 25.7. The number of aliphatic hydroxyl groups excluding tert-OH is 1. The van der Waals surface area contributed by atoms with Crippen molar-refractivity contribution in [2.24, 2.45) is 0 Å². The van der Waals surface area contributed by atoms with Crippen LogP contribution < -0.4 is 14.4 Å². The minimum Gasteiger partial charge on any atom is -0.507 e. The van der Waals surface area contributed by atoms with Gasteiger partial charge in [0.15, 0.2) is 0 Å². The van der Waals surface area contributed by atoms with E-state index < -0.39 is 23.7 Å². The summed E-state index contributed by atoms with van der Waals surface area (Å²) < 4.78 is 10.9. The molecule has 1 saturated heterocycles. The summed E-state index contributed by atoms with van der Waals surface area (Å²) in [5, 5.41) is 11.4. The minimum absolute atomic E-state index is 0.0582. The number of amides is 1. The molecule has 190 valence electrons. The molecule has 1 fully saturated rings. The fraction of sp³-hybridized carbons (Fsp3) is 0.233. The molecule has 0 saturated carbocycles. The Morgan fingerprint density at radius 2 is 1.65 bits per heavy atom. The number of nitrogens with zero attached hydrogens (tertiary/aromatic N) is 1. The third-order valence-electron chi connectivity index (χ3n) is 6.08. The molecule has 1 amide bonds. The van der Waals surface area contributed by atoms with Crippen molar-refractivity contribution in [3.63, 3.8) is 0 Å². The van der Waals surface area contributed by atoms with Crippen LogP contribution in [-0.4, -0.2) is 29.4 Å². The van der Waals surface area contributed by atoms with E-state index in [0.717, 1.165) is 18.4 Å². The van der Waals surface area contributed by atoms with Crippen molar-refractivity contribution in [3.8, 4) is 11.5 Å². The quantitative estimate of drug-likeness (QED) is 0.143. The second kappa shape index (κ2) is 11.1. The lowest BCUT2D eigenvalue weighted by molar-refractivity contribution is -0.132. The highest BCUT2D eigenvalue weighted by Gasteiger charge is 2.47. The first-order chi connectivity index (χ1) is 17.8. The van der Waals surface area contributed by atoms with Crippen LogP contribution in [0.1, 0.15) is 49.9 Å². The van der Waals surface area contributed by atoms with Crippen LogP contribution in [0.3, 0.4) is 0 Å². The normalized spacial score (nSPS) is 16.6. The standard InChI is InChI=1S/C30H29NO6/c1-4-16-36-24-10-7-9-22(18-24)28(33)26-27(21-8-6-11-25(17-21)37-19(3)32)31(30(35)29(26)34)23-14-12-20(5-2)13-15-23/h6-15,17-18,27,33H,4-5,16H2,1-3H3/b28-26-. The molecule has 0 bridgehead atoms. The summed E-state index contributed by atoms with van der Waals surface area (Å²) in [4.78, 5) is 39.7. The van der Waals surface area contributed by atoms with Crippen LogP contribution in [0.15, 0.2) is 78.4 Å². The molecule has 1 aliphatic heterocycles. The number of aryl methyl sites for hydroxylation is 1. The number of esters is 1. The summed E-state index contributed by atoms with van der Waals surface area (Å²) in [5.74, 6) is -1.55. The van der Waals surface area contributed by atoms with Gasteiger partial charge in [0.2, 0.25) is 0 Å². The first-order valence-corrected chi connectivity index (χ1v) is 12.3. The predicted molar refractivity (Wildman–Crippen MR) is 141 cm³/mol. The second-order valence-electron chi connectivity index (χ2n) is 8.73. The summed E-state index contributed by atoms with van der Waals surface area (Å²) in [6.45, 7) is 5.81. The van der Waals surface area contributed by atoms with Gasteiger partial charge in [0.25, 0.3) is 11.7 Å². The predicted octanol–water partition coefficient (Wildman–Crippen LogP) is 5.59. The Kier molecular flexibility index (Phi) is 7.72. The van der Waals surface area contributed by atoms with Gasteiger partial charge in [0.1, 0.15) is 17.3 Å².